The number of hydrogen-bond donors (Lipinski definition) is 2. The molecule has 6 nitrogen and oxygen atoms in total. The van der Waals surface area contributed by atoms with Gasteiger partial charge in [0, 0.05) is 33.2 Å². The number of morpholine rings is 1. The number of hydrogen-bond acceptors (Lipinski definition) is 5. The maximum atomic E-state index is 12.2. The average Bonchev–Trinajstić information content (AvgIpc) is 2.38. The predicted molar refractivity (Wildman–Crippen MR) is 78.4 cm³/mol. The van der Waals surface area contributed by atoms with Gasteiger partial charge in [-0.1, -0.05) is 13.3 Å². The van der Waals surface area contributed by atoms with E-state index in [1.807, 2.05) is 6.92 Å². The molecule has 1 aliphatic rings. The van der Waals surface area contributed by atoms with Crippen LogP contribution in [0, 0.1) is 0 Å². The molecule has 2 atom stereocenters. The molecule has 0 aromatic rings. The molecule has 0 aliphatic carbocycles. The third-order valence-electron chi connectivity index (χ3n) is 3.66. The summed E-state index contributed by atoms with van der Waals surface area (Å²) in [5.41, 5.74) is 5.19. The Kier molecular flexibility index (Phi) is 6.88. The Hall–Kier alpha value is -0.690. The van der Waals surface area contributed by atoms with Crippen LogP contribution in [-0.4, -0.2) is 78.9 Å². The van der Waals surface area contributed by atoms with Gasteiger partial charge in [0.15, 0.2) is 0 Å². The van der Waals surface area contributed by atoms with E-state index in [2.05, 4.69) is 4.90 Å². The Morgan fingerprint density at radius 3 is 2.65 bits per heavy atom. The van der Waals surface area contributed by atoms with Crippen molar-refractivity contribution in [2.75, 3.05) is 46.4 Å². The molecule has 0 saturated carbocycles. The molecule has 2 unspecified atom stereocenters. The number of aliphatic hydroxyl groups excluding tert-OH is 1. The Balaban J connectivity index is 2.39. The number of aliphatic hydroxyl groups is 1. The van der Waals surface area contributed by atoms with Crippen LogP contribution >= 0.6 is 0 Å². The molecular formula is C14H29N3O3. The first-order valence-corrected chi connectivity index (χ1v) is 7.39. The summed E-state index contributed by atoms with van der Waals surface area (Å²) in [7, 11) is 1.70. The van der Waals surface area contributed by atoms with Gasteiger partial charge in [-0.05, 0) is 13.3 Å². The van der Waals surface area contributed by atoms with E-state index < -0.39 is 11.6 Å². The van der Waals surface area contributed by atoms with Gasteiger partial charge in [0.1, 0.15) is 0 Å². The predicted octanol–water partition coefficient (Wildman–Crippen LogP) is -0.345. The molecule has 1 heterocycles. The van der Waals surface area contributed by atoms with Crippen molar-refractivity contribution in [2.24, 2.45) is 5.73 Å². The number of nitrogens with two attached hydrogens (primary N) is 1. The van der Waals surface area contributed by atoms with E-state index in [1.165, 1.54) is 0 Å². The number of ether oxygens (including phenoxy) is 1. The molecule has 0 aromatic carbocycles. The van der Waals surface area contributed by atoms with Crippen molar-refractivity contribution < 1.29 is 14.6 Å². The van der Waals surface area contributed by atoms with Gasteiger partial charge in [-0.2, -0.15) is 0 Å². The highest BCUT2D eigenvalue weighted by molar-refractivity contribution is 5.85. The van der Waals surface area contributed by atoms with Crippen LogP contribution < -0.4 is 5.73 Å². The van der Waals surface area contributed by atoms with E-state index in [0.717, 1.165) is 19.5 Å². The number of rotatable bonds is 7. The molecule has 0 radical (unpaired) electrons. The van der Waals surface area contributed by atoms with Crippen LogP contribution in [0.4, 0.5) is 0 Å². The lowest BCUT2D eigenvalue weighted by molar-refractivity contribution is -0.136. The summed E-state index contributed by atoms with van der Waals surface area (Å²) in [6.07, 6.45) is 0.957. The molecule has 1 saturated heterocycles. The summed E-state index contributed by atoms with van der Waals surface area (Å²) in [5.74, 6) is -0.111. The fraction of sp³-hybridized carbons (Fsp3) is 0.929. The van der Waals surface area contributed by atoms with Crippen LogP contribution in [0.25, 0.3) is 0 Å². The standard InChI is InChI=1S/C14H29N3O3/c1-4-5-14(2,15)13(19)16(3)10-12(18)11-17-6-8-20-9-7-17/h12,18H,4-11,15H2,1-3H3. The van der Waals surface area contributed by atoms with Gasteiger partial charge >= 0.3 is 0 Å². The van der Waals surface area contributed by atoms with Crippen molar-refractivity contribution in [1.82, 2.24) is 9.80 Å². The Bertz CT molecular complexity index is 304. The maximum absolute atomic E-state index is 12.2. The highest BCUT2D eigenvalue weighted by Gasteiger charge is 2.31. The van der Waals surface area contributed by atoms with Crippen LogP contribution in [0.3, 0.4) is 0 Å². The van der Waals surface area contributed by atoms with E-state index >= 15 is 0 Å². The first-order valence-electron chi connectivity index (χ1n) is 7.39. The summed E-state index contributed by atoms with van der Waals surface area (Å²) < 4.78 is 5.27. The number of nitrogens with zero attached hydrogens (tertiary/aromatic N) is 2. The molecule has 1 rings (SSSR count). The number of likely N-dealkylation sites (N-methyl/N-ethyl adjacent to an activating group) is 1. The second-order valence-electron chi connectivity index (χ2n) is 5.92. The summed E-state index contributed by atoms with van der Waals surface area (Å²) in [6.45, 7) is 7.72. The largest absolute Gasteiger partial charge is 0.390 e. The lowest BCUT2D eigenvalue weighted by atomic mass is 9.96. The third kappa shape index (κ3) is 5.36. The van der Waals surface area contributed by atoms with Crippen molar-refractivity contribution in [3.63, 3.8) is 0 Å². The zero-order chi connectivity index (χ0) is 15.2. The van der Waals surface area contributed by atoms with Gasteiger partial charge in [-0.25, -0.2) is 0 Å². The summed E-state index contributed by atoms with van der Waals surface area (Å²) in [4.78, 5) is 15.9. The van der Waals surface area contributed by atoms with Crippen molar-refractivity contribution >= 4 is 5.91 Å². The fourth-order valence-electron chi connectivity index (χ4n) is 2.60. The highest BCUT2D eigenvalue weighted by atomic mass is 16.5. The smallest absolute Gasteiger partial charge is 0.242 e. The first kappa shape index (κ1) is 17.4. The zero-order valence-corrected chi connectivity index (χ0v) is 13.0. The monoisotopic (exact) mass is 287 g/mol. The highest BCUT2D eigenvalue weighted by Crippen LogP contribution is 2.12. The fourth-order valence-corrected chi connectivity index (χ4v) is 2.60. The Morgan fingerprint density at radius 2 is 2.10 bits per heavy atom. The Labute approximate surface area is 121 Å². The minimum absolute atomic E-state index is 0.111. The molecule has 118 valence electrons. The van der Waals surface area contributed by atoms with Crippen LogP contribution in [-0.2, 0) is 9.53 Å². The van der Waals surface area contributed by atoms with Crippen molar-refractivity contribution in [3.05, 3.63) is 0 Å². The van der Waals surface area contributed by atoms with Crippen molar-refractivity contribution in [3.8, 4) is 0 Å². The molecule has 0 aromatic heterocycles. The molecule has 1 fully saturated rings. The number of carbonyl (C=O) groups is 1. The van der Waals surface area contributed by atoms with E-state index in [-0.39, 0.29) is 5.91 Å². The molecule has 20 heavy (non-hydrogen) atoms. The third-order valence-corrected chi connectivity index (χ3v) is 3.66. The van der Waals surface area contributed by atoms with Crippen LogP contribution in [0.2, 0.25) is 0 Å². The summed E-state index contributed by atoms with van der Waals surface area (Å²) in [6, 6.07) is 0. The minimum Gasteiger partial charge on any atom is -0.390 e. The topological polar surface area (TPSA) is 79.0 Å². The van der Waals surface area contributed by atoms with Gasteiger partial charge in [-0.3, -0.25) is 9.69 Å². The maximum Gasteiger partial charge on any atom is 0.242 e. The zero-order valence-electron chi connectivity index (χ0n) is 13.0. The number of amides is 1. The molecule has 1 amide bonds. The second-order valence-corrected chi connectivity index (χ2v) is 5.92. The van der Waals surface area contributed by atoms with Crippen molar-refractivity contribution in [2.45, 2.75) is 38.3 Å². The van der Waals surface area contributed by atoms with Gasteiger partial charge < -0.3 is 20.5 Å². The first-order chi connectivity index (χ1) is 9.36. The molecular weight excluding hydrogens is 258 g/mol. The van der Waals surface area contributed by atoms with E-state index in [4.69, 9.17) is 10.5 Å². The number of carbonyl (C=O) groups excluding carboxylic acids is 1. The van der Waals surface area contributed by atoms with Gasteiger partial charge in [-0.15, -0.1) is 0 Å². The quantitative estimate of drug-likeness (QED) is 0.669. The van der Waals surface area contributed by atoms with E-state index in [1.54, 1.807) is 18.9 Å². The number of β-amino-alcohol motifs (C(OH)–C–C–N with tert-alkyl or cyclic N) is 1. The van der Waals surface area contributed by atoms with Gasteiger partial charge in [0.25, 0.3) is 0 Å². The van der Waals surface area contributed by atoms with Crippen LogP contribution in [0.1, 0.15) is 26.7 Å². The summed E-state index contributed by atoms with van der Waals surface area (Å²) >= 11 is 0. The molecule has 1 aliphatic heterocycles. The Morgan fingerprint density at radius 1 is 1.50 bits per heavy atom. The SMILES string of the molecule is CCCC(C)(N)C(=O)N(C)CC(O)CN1CCOCC1. The van der Waals surface area contributed by atoms with Gasteiger partial charge in [0.05, 0.1) is 24.9 Å². The van der Waals surface area contributed by atoms with E-state index in [0.29, 0.717) is 32.7 Å². The average molecular weight is 287 g/mol. The lowest BCUT2D eigenvalue weighted by Crippen LogP contribution is -2.54. The second kappa shape index (κ2) is 7.93. The van der Waals surface area contributed by atoms with Crippen molar-refractivity contribution in [1.29, 1.82) is 0 Å². The lowest BCUT2D eigenvalue weighted by Gasteiger charge is -2.32. The molecule has 0 spiro atoms. The molecule has 3 N–H and O–H groups in total. The van der Waals surface area contributed by atoms with E-state index in [9.17, 15) is 9.90 Å². The minimum atomic E-state index is -0.845. The molecule has 0 bridgehead atoms. The van der Waals surface area contributed by atoms with Crippen LogP contribution in [0.5, 0.6) is 0 Å². The normalized spacial score (nSPS) is 21.2. The van der Waals surface area contributed by atoms with Crippen LogP contribution in [0.15, 0.2) is 0 Å². The van der Waals surface area contributed by atoms with Gasteiger partial charge in [0.2, 0.25) is 5.91 Å². The molecule has 6 heteroatoms. The summed E-state index contributed by atoms with van der Waals surface area (Å²) in [5, 5.41) is 10.1.